The van der Waals surface area contributed by atoms with Gasteiger partial charge in [0.1, 0.15) is 5.75 Å². The molecule has 2 aromatic carbocycles. The van der Waals surface area contributed by atoms with E-state index in [1.54, 1.807) is 31.4 Å². The highest BCUT2D eigenvalue weighted by atomic mass is 16.5. The Morgan fingerprint density at radius 1 is 0.900 bits per heavy atom. The van der Waals surface area contributed by atoms with Crippen LogP contribution in [0, 0.1) is 0 Å². The van der Waals surface area contributed by atoms with Gasteiger partial charge >= 0.3 is 0 Å². The Morgan fingerprint density at radius 3 is 2.05 bits per heavy atom. The summed E-state index contributed by atoms with van der Waals surface area (Å²) in [5.41, 5.74) is 1.74. The van der Waals surface area contributed by atoms with Crippen LogP contribution in [0.1, 0.15) is 26.3 Å². The number of hydrogen-bond donors (Lipinski definition) is 0. The summed E-state index contributed by atoms with van der Waals surface area (Å²) in [5.74, 6) is 0.164. The molecule has 1 aliphatic rings. The molecule has 1 aliphatic heterocycles. The summed E-state index contributed by atoms with van der Waals surface area (Å²) in [7, 11) is 1.57. The summed E-state index contributed by atoms with van der Waals surface area (Å²) in [6.45, 7) is 0.219. The number of ether oxygens (including phenoxy) is 1. The van der Waals surface area contributed by atoms with Gasteiger partial charge in [0.05, 0.1) is 24.8 Å². The van der Waals surface area contributed by atoms with Gasteiger partial charge in [-0.25, -0.2) is 0 Å². The molecule has 3 rings (SSSR count). The van der Waals surface area contributed by atoms with Gasteiger partial charge in [0, 0.05) is 5.56 Å². The summed E-state index contributed by atoms with van der Waals surface area (Å²) in [5, 5.41) is 0. The van der Waals surface area contributed by atoms with E-state index in [0.717, 1.165) is 5.56 Å². The van der Waals surface area contributed by atoms with Gasteiger partial charge in [0.25, 0.3) is 11.8 Å². The lowest BCUT2D eigenvalue weighted by atomic mass is 10.1. The van der Waals surface area contributed by atoms with Crippen molar-refractivity contribution in [3.05, 3.63) is 65.2 Å². The summed E-state index contributed by atoms with van der Waals surface area (Å²) in [4.78, 5) is 25.8. The molecular formula is C16H13NO3. The van der Waals surface area contributed by atoms with Crippen LogP contribution in [0.15, 0.2) is 48.5 Å². The lowest BCUT2D eigenvalue weighted by Gasteiger charge is -2.15. The quantitative estimate of drug-likeness (QED) is 0.803. The second-order valence-corrected chi connectivity index (χ2v) is 4.55. The topological polar surface area (TPSA) is 46.6 Å². The molecular weight excluding hydrogens is 254 g/mol. The molecule has 0 fully saturated rings. The van der Waals surface area contributed by atoms with Crippen LogP contribution < -0.4 is 4.74 Å². The number of fused-ring (bicyclic) bond motifs is 1. The van der Waals surface area contributed by atoms with Crippen LogP contribution in [0.4, 0.5) is 0 Å². The number of carbonyl (C=O) groups excluding carboxylic acids is 2. The van der Waals surface area contributed by atoms with E-state index in [1.807, 2.05) is 24.3 Å². The molecule has 1 heterocycles. The fraction of sp³-hybridized carbons (Fsp3) is 0.125. The molecule has 0 unspecified atom stereocenters. The molecule has 4 nitrogen and oxygen atoms in total. The Hall–Kier alpha value is -2.62. The summed E-state index contributed by atoms with van der Waals surface area (Å²) >= 11 is 0. The van der Waals surface area contributed by atoms with E-state index in [9.17, 15) is 9.59 Å². The SMILES string of the molecule is COc1ccccc1CN1C(=O)c2ccccc2C1=O. The largest absolute Gasteiger partial charge is 0.496 e. The maximum absolute atomic E-state index is 12.3. The lowest BCUT2D eigenvalue weighted by Crippen LogP contribution is -2.29. The van der Waals surface area contributed by atoms with Crippen LogP contribution in [0.25, 0.3) is 0 Å². The number of methoxy groups -OCH3 is 1. The fourth-order valence-electron chi connectivity index (χ4n) is 2.39. The van der Waals surface area contributed by atoms with Crippen LogP contribution in [-0.4, -0.2) is 23.8 Å². The standard InChI is InChI=1S/C16H13NO3/c1-20-14-9-5-2-6-11(14)10-17-15(18)12-7-3-4-8-13(12)16(17)19/h2-9H,10H2,1H3. The number of rotatable bonds is 3. The van der Waals surface area contributed by atoms with Crippen LogP contribution in [0.2, 0.25) is 0 Å². The van der Waals surface area contributed by atoms with Gasteiger partial charge in [-0.05, 0) is 18.2 Å². The summed E-state index contributed by atoms with van der Waals surface area (Å²) in [6, 6.07) is 14.2. The van der Waals surface area contributed by atoms with Gasteiger partial charge < -0.3 is 4.74 Å². The van der Waals surface area contributed by atoms with Crippen molar-refractivity contribution in [1.82, 2.24) is 4.90 Å². The molecule has 0 N–H and O–H groups in total. The van der Waals surface area contributed by atoms with Gasteiger partial charge in [-0.2, -0.15) is 0 Å². The zero-order chi connectivity index (χ0) is 14.1. The third kappa shape index (κ3) is 1.86. The zero-order valence-corrected chi connectivity index (χ0v) is 11.0. The van der Waals surface area contributed by atoms with Crippen LogP contribution in [0.3, 0.4) is 0 Å². The third-order valence-electron chi connectivity index (χ3n) is 3.40. The highest BCUT2D eigenvalue weighted by Gasteiger charge is 2.35. The van der Waals surface area contributed by atoms with Gasteiger partial charge in [-0.15, -0.1) is 0 Å². The van der Waals surface area contributed by atoms with Crippen molar-refractivity contribution in [3.63, 3.8) is 0 Å². The second-order valence-electron chi connectivity index (χ2n) is 4.55. The summed E-state index contributed by atoms with van der Waals surface area (Å²) in [6.07, 6.45) is 0. The van der Waals surface area contributed by atoms with Gasteiger partial charge in [-0.1, -0.05) is 30.3 Å². The Balaban J connectivity index is 1.94. The van der Waals surface area contributed by atoms with E-state index in [0.29, 0.717) is 16.9 Å². The first-order valence-corrected chi connectivity index (χ1v) is 6.29. The van der Waals surface area contributed by atoms with E-state index in [4.69, 9.17) is 4.74 Å². The Labute approximate surface area is 116 Å². The normalized spacial score (nSPS) is 13.6. The molecule has 0 aromatic heterocycles. The molecule has 0 spiro atoms. The molecule has 2 aromatic rings. The second kappa shape index (κ2) is 4.81. The van der Waals surface area contributed by atoms with Crippen molar-refractivity contribution in [2.75, 3.05) is 7.11 Å². The van der Waals surface area contributed by atoms with Crippen molar-refractivity contribution in [2.24, 2.45) is 0 Å². The van der Waals surface area contributed by atoms with Crippen LogP contribution in [-0.2, 0) is 6.54 Å². The third-order valence-corrected chi connectivity index (χ3v) is 3.40. The number of hydrogen-bond acceptors (Lipinski definition) is 3. The average Bonchev–Trinajstić information content (AvgIpc) is 2.73. The fourth-order valence-corrected chi connectivity index (χ4v) is 2.39. The van der Waals surface area contributed by atoms with E-state index in [1.165, 1.54) is 4.90 Å². The molecule has 0 atom stereocenters. The van der Waals surface area contributed by atoms with Crippen molar-refractivity contribution < 1.29 is 14.3 Å². The molecule has 20 heavy (non-hydrogen) atoms. The van der Waals surface area contributed by atoms with E-state index in [2.05, 4.69) is 0 Å². The minimum absolute atomic E-state index is 0.219. The Morgan fingerprint density at radius 2 is 1.45 bits per heavy atom. The maximum Gasteiger partial charge on any atom is 0.261 e. The van der Waals surface area contributed by atoms with E-state index in [-0.39, 0.29) is 18.4 Å². The van der Waals surface area contributed by atoms with Crippen molar-refractivity contribution in [3.8, 4) is 5.75 Å². The molecule has 0 saturated carbocycles. The van der Waals surface area contributed by atoms with Gasteiger partial charge in [0.2, 0.25) is 0 Å². The number of benzene rings is 2. The minimum atomic E-state index is -0.253. The molecule has 2 amide bonds. The van der Waals surface area contributed by atoms with Gasteiger partial charge in [0.15, 0.2) is 0 Å². The average molecular weight is 267 g/mol. The predicted octanol–water partition coefficient (Wildman–Crippen LogP) is 2.49. The van der Waals surface area contributed by atoms with Crippen molar-refractivity contribution >= 4 is 11.8 Å². The molecule has 0 saturated heterocycles. The minimum Gasteiger partial charge on any atom is -0.496 e. The van der Waals surface area contributed by atoms with Gasteiger partial charge in [-0.3, -0.25) is 14.5 Å². The zero-order valence-electron chi connectivity index (χ0n) is 11.0. The highest BCUT2D eigenvalue weighted by Crippen LogP contribution is 2.26. The van der Waals surface area contributed by atoms with E-state index < -0.39 is 0 Å². The number of imide groups is 1. The van der Waals surface area contributed by atoms with Crippen LogP contribution in [0.5, 0.6) is 5.75 Å². The molecule has 100 valence electrons. The van der Waals surface area contributed by atoms with Crippen molar-refractivity contribution in [1.29, 1.82) is 0 Å². The Bertz CT molecular complexity index is 659. The molecule has 0 bridgehead atoms. The van der Waals surface area contributed by atoms with Crippen molar-refractivity contribution in [2.45, 2.75) is 6.54 Å². The molecule has 0 aliphatic carbocycles. The highest BCUT2D eigenvalue weighted by molar-refractivity contribution is 6.21. The first-order valence-electron chi connectivity index (χ1n) is 6.29. The first kappa shape index (κ1) is 12.4. The number of carbonyl (C=O) groups is 2. The molecule has 4 heteroatoms. The smallest absolute Gasteiger partial charge is 0.261 e. The monoisotopic (exact) mass is 267 g/mol. The first-order chi connectivity index (χ1) is 9.72. The number of nitrogens with zero attached hydrogens (tertiary/aromatic N) is 1. The predicted molar refractivity (Wildman–Crippen MR) is 73.6 cm³/mol. The van der Waals surface area contributed by atoms with E-state index >= 15 is 0 Å². The Kier molecular flexibility index (Phi) is 2.99. The summed E-state index contributed by atoms with van der Waals surface area (Å²) < 4.78 is 5.25. The molecule has 0 radical (unpaired) electrons. The lowest BCUT2D eigenvalue weighted by molar-refractivity contribution is 0.0641. The maximum atomic E-state index is 12.3. The number of amides is 2. The van der Waals surface area contributed by atoms with Crippen LogP contribution >= 0.6 is 0 Å². The number of para-hydroxylation sites is 1.